The zero-order valence-electron chi connectivity index (χ0n) is 11.1. The number of hydrogen-bond acceptors (Lipinski definition) is 2. The van der Waals surface area contributed by atoms with Crippen molar-refractivity contribution in [1.82, 2.24) is 15.6 Å². The third-order valence-electron chi connectivity index (χ3n) is 3.80. The summed E-state index contributed by atoms with van der Waals surface area (Å²) < 4.78 is 0. The first kappa shape index (κ1) is 12.2. The van der Waals surface area contributed by atoms with Crippen LogP contribution in [0, 0.1) is 0 Å². The van der Waals surface area contributed by atoms with Gasteiger partial charge in [0.25, 0.3) is 5.91 Å². The molecule has 4 heteroatoms. The van der Waals surface area contributed by atoms with E-state index >= 15 is 0 Å². The van der Waals surface area contributed by atoms with Crippen LogP contribution in [0.3, 0.4) is 0 Å². The van der Waals surface area contributed by atoms with E-state index in [0.29, 0.717) is 6.04 Å². The number of piperidine rings is 1. The predicted molar refractivity (Wildman–Crippen MR) is 76.3 cm³/mol. The van der Waals surface area contributed by atoms with Crippen LogP contribution >= 0.6 is 0 Å². The Morgan fingerprint density at radius 3 is 3.11 bits per heavy atom. The number of benzene rings is 1. The quantitative estimate of drug-likeness (QED) is 0.771. The summed E-state index contributed by atoms with van der Waals surface area (Å²) >= 11 is 0. The smallest absolute Gasteiger partial charge is 0.252 e. The molecule has 1 aromatic heterocycles. The first-order valence-corrected chi connectivity index (χ1v) is 6.84. The van der Waals surface area contributed by atoms with Gasteiger partial charge in [0.2, 0.25) is 0 Å². The molecule has 1 aliphatic heterocycles. The predicted octanol–water partition coefficient (Wildman–Crippen LogP) is 2.04. The van der Waals surface area contributed by atoms with Gasteiger partial charge in [0, 0.05) is 34.7 Å². The SMILES string of the molecule is CC1CC(NC(=O)c2cccc3[nH]ccc23)CCN1. The summed E-state index contributed by atoms with van der Waals surface area (Å²) in [6.45, 7) is 3.13. The van der Waals surface area contributed by atoms with Crippen molar-refractivity contribution in [3.63, 3.8) is 0 Å². The zero-order chi connectivity index (χ0) is 13.2. The van der Waals surface area contributed by atoms with Gasteiger partial charge < -0.3 is 15.6 Å². The number of amides is 1. The van der Waals surface area contributed by atoms with Crippen molar-refractivity contribution in [3.8, 4) is 0 Å². The summed E-state index contributed by atoms with van der Waals surface area (Å²) in [5.74, 6) is 0.0318. The summed E-state index contributed by atoms with van der Waals surface area (Å²) in [6.07, 6.45) is 3.86. The van der Waals surface area contributed by atoms with Crippen LogP contribution in [0.25, 0.3) is 10.9 Å². The van der Waals surface area contributed by atoms with E-state index in [4.69, 9.17) is 0 Å². The molecule has 0 bridgehead atoms. The molecule has 2 atom stereocenters. The summed E-state index contributed by atoms with van der Waals surface area (Å²) in [6, 6.07) is 8.49. The van der Waals surface area contributed by atoms with E-state index in [-0.39, 0.29) is 11.9 Å². The fourth-order valence-corrected chi connectivity index (χ4v) is 2.81. The van der Waals surface area contributed by atoms with Gasteiger partial charge in [-0.15, -0.1) is 0 Å². The van der Waals surface area contributed by atoms with Crippen LogP contribution in [0.15, 0.2) is 30.5 Å². The van der Waals surface area contributed by atoms with E-state index in [1.165, 1.54) is 0 Å². The Morgan fingerprint density at radius 1 is 1.37 bits per heavy atom. The number of aromatic nitrogens is 1. The normalized spacial score (nSPS) is 23.4. The van der Waals surface area contributed by atoms with Crippen molar-refractivity contribution in [2.75, 3.05) is 6.54 Å². The number of carbonyl (C=O) groups excluding carboxylic acids is 1. The van der Waals surface area contributed by atoms with Crippen LogP contribution < -0.4 is 10.6 Å². The van der Waals surface area contributed by atoms with Gasteiger partial charge in [-0.2, -0.15) is 0 Å². The minimum atomic E-state index is 0.0318. The van der Waals surface area contributed by atoms with E-state index in [1.807, 2.05) is 30.5 Å². The fourth-order valence-electron chi connectivity index (χ4n) is 2.81. The number of carbonyl (C=O) groups is 1. The highest BCUT2D eigenvalue weighted by atomic mass is 16.1. The highest BCUT2D eigenvalue weighted by Crippen LogP contribution is 2.18. The molecule has 3 rings (SSSR count). The highest BCUT2D eigenvalue weighted by molar-refractivity contribution is 6.06. The Kier molecular flexibility index (Phi) is 3.25. The lowest BCUT2D eigenvalue weighted by molar-refractivity contribution is 0.0927. The van der Waals surface area contributed by atoms with Crippen LogP contribution in [0.4, 0.5) is 0 Å². The third kappa shape index (κ3) is 2.49. The molecule has 0 saturated carbocycles. The molecule has 0 radical (unpaired) electrons. The second-order valence-electron chi connectivity index (χ2n) is 5.29. The van der Waals surface area contributed by atoms with Crippen LogP contribution in [-0.2, 0) is 0 Å². The maximum absolute atomic E-state index is 12.4. The zero-order valence-corrected chi connectivity index (χ0v) is 11.1. The monoisotopic (exact) mass is 257 g/mol. The molecule has 2 aromatic rings. The first-order chi connectivity index (χ1) is 9.24. The van der Waals surface area contributed by atoms with Crippen LogP contribution in [0.1, 0.15) is 30.1 Å². The van der Waals surface area contributed by atoms with Crippen LogP contribution in [0.5, 0.6) is 0 Å². The van der Waals surface area contributed by atoms with E-state index in [0.717, 1.165) is 35.9 Å². The van der Waals surface area contributed by atoms with E-state index in [1.54, 1.807) is 0 Å². The molecule has 0 spiro atoms. The summed E-state index contributed by atoms with van der Waals surface area (Å²) in [5.41, 5.74) is 1.76. The molecular weight excluding hydrogens is 238 g/mol. The summed E-state index contributed by atoms with van der Waals surface area (Å²) in [7, 11) is 0. The van der Waals surface area contributed by atoms with Crippen molar-refractivity contribution in [2.45, 2.75) is 31.8 Å². The van der Waals surface area contributed by atoms with Gasteiger partial charge in [0.05, 0.1) is 0 Å². The lowest BCUT2D eigenvalue weighted by Gasteiger charge is -2.28. The van der Waals surface area contributed by atoms with Gasteiger partial charge in [-0.3, -0.25) is 4.79 Å². The minimum Gasteiger partial charge on any atom is -0.361 e. The fraction of sp³-hybridized carbons (Fsp3) is 0.400. The maximum atomic E-state index is 12.4. The number of H-pyrrole nitrogens is 1. The highest BCUT2D eigenvalue weighted by Gasteiger charge is 2.21. The molecule has 19 heavy (non-hydrogen) atoms. The average Bonchev–Trinajstić information content (AvgIpc) is 2.86. The van der Waals surface area contributed by atoms with Gasteiger partial charge in [0.15, 0.2) is 0 Å². The van der Waals surface area contributed by atoms with Crippen LogP contribution in [-0.4, -0.2) is 29.5 Å². The number of hydrogen-bond donors (Lipinski definition) is 3. The molecule has 2 heterocycles. The van der Waals surface area contributed by atoms with E-state index < -0.39 is 0 Å². The third-order valence-corrected chi connectivity index (χ3v) is 3.80. The standard InChI is InChI=1S/C15H19N3O/c1-10-9-11(5-7-16-10)18-15(19)13-3-2-4-14-12(13)6-8-17-14/h2-4,6,8,10-11,16-17H,5,7,9H2,1H3,(H,18,19). The summed E-state index contributed by atoms with van der Waals surface area (Å²) in [4.78, 5) is 15.5. The van der Waals surface area contributed by atoms with Gasteiger partial charge in [-0.1, -0.05) is 6.07 Å². The van der Waals surface area contributed by atoms with Crippen molar-refractivity contribution >= 4 is 16.8 Å². The largest absolute Gasteiger partial charge is 0.361 e. The number of nitrogens with one attached hydrogen (secondary N) is 3. The molecule has 3 N–H and O–H groups in total. The van der Waals surface area contributed by atoms with Crippen LogP contribution in [0.2, 0.25) is 0 Å². The second-order valence-corrected chi connectivity index (χ2v) is 5.29. The van der Waals surface area contributed by atoms with E-state index in [9.17, 15) is 4.79 Å². The summed E-state index contributed by atoms with van der Waals surface area (Å²) in [5, 5.41) is 7.54. The second kappa shape index (κ2) is 5.05. The molecule has 1 aliphatic rings. The maximum Gasteiger partial charge on any atom is 0.252 e. The number of fused-ring (bicyclic) bond motifs is 1. The van der Waals surface area contributed by atoms with Gasteiger partial charge in [-0.05, 0) is 44.5 Å². The Bertz CT molecular complexity index is 590. The number of rotatable bonds is 2. The van der Waals surface area contributed by atoms with Crippen molar-refractivity contribution < 1.29 is 4.79 Å². The van der Waals surface area contributed by atoms with Gasteiger partial charge >= 0.3 is 0 Å². The Hall–Kier alpha value is -1.81. The lowest BCUT2D eigenvalue weighted by atomic mass is 10.00. The lowest BCUT2D eigenvalue weighted by Crippen LogP contribution is -2.46. The molecule has 0 aliphatic carbocycles. The average molecular weight is 257 g/mol. The van der Waals surface area contributed by atoms with Gasteiger partial charge in [-0.25, -0.2) is 0 Å². The first-order valence-electron chi connectivity index (χ1n) is 6.84. The molecule has 1 amide bonds. The topological polar surface area (TPSA) is 56.9 Å². The molecule has 4 nitrogen and oxygen atoms in total. The molecule has 1 saturated heterocycles. The molecule has 2 unspecified atom stereocenters. The molecule has 1 fully saturated rings. The van der Waals surface area contributed by atoms with Crippen molar-refractivity contribution in [3.05, 3.63) is 36.0 Å². The Labute approximate surface area is 112 Å². The molecule has 1 aromatic carbocycles. The Morgan fingerprint density at radius 2 is 2.26 bits per heavy atom. The van der Waals surface area contributed by atoms with Gasteiger partial charge in [0.1, 0.15) is 0 Å². The Balaban J connectivity index is 1.78. The van der Waals surface area contributed by atoms with Crippen molar-refractivity contribution in [2.24, 2.45) is 0 Å². The molecule has 100 valence electrons. The van der Waals surface area contributed by atoms with Crippen molar-refractivity contribution in [1.29, 1.82) is 0 Å². The number of aromatic amines is 1. The molecular formula is C15H19N3O. The minimum absolute atomic E-state index is 0.0318. The van der Waals surface area contributed by atoms with E-state index in [2.05, 4.69) is 22.5 Å².